The van der Waals surface area contributed by atoms with Crippen molar-refractivity contribution in [1.82, 2.24) is 4.98 Å². The second-order valence-electron chi connectivity index (χ2n) is 6.32. The van der Waals surface area contributed by atoms with E-state index >= 15 is 0 Å². The van der Waals surface area contributed by atoms with Crippen LogP contribution in [0.25, 0.3) is 0 Å². The Hall–Kier alpha value is -2.05. The first-order valence-electron chi connectivity index (χ1n) is 8.68. The van der Waals surface area contributed by atoms with E-state index in [1.807, 2.05) is 43.3 Å². The number of hydrogen-bond donors (Lipinski definition) is 2. The Balaban J connectivity index is 1.86. The number of aromatic nitrogens is 1. The van der Waals surface area contributed by atoms with Crippen LogP contribution in [-0.4, -0.2) is 24.0 Å². The zero-order valence-electron chi connectivity index (χ0n) is 14.5. The lowest BCUT2D eigenvalue weighted by Crippen LogP contribution is -2.28. The monoisotopic (exact) mass is 356 g/mol. The highest BCUT2D eigenvalue weighted by atomic mass is 32.2. The molecule has 0 aliphatic carbocycles. The number of benzene rings is 1. The summed E-state index contributed by atoms with van der Waals surface area (Å²) in [5.41, 5.74) is 2.29. The largest absolute Gasteiger partial charge is 0.356 e. The first-order valence-corrected chi connectivity index (χ1v) is 9.56. The molecule has 2 heterocycles. The Kier molecular flexibility index (Phi) is 5.94. The van der Waals surface area contributed by atoms with Crippen molar-refractivity contribution in [3.63, 3.8) is 0 Å². The van der Waals surface area contributed by atoms with Gasteiger partial charge in [-0.25, -0.2) is 4.98 Å². The molecule has 1 aromatic heterocycles. The molecular formula is C19H24N4OS. The maximum Gasteiger partial charge on any atom is 0.259 e. The number of rotatable bonds is 4. The first kappa shape index (κ1) is 17.8. The van der Waals surface area contributed by atoms with Gasteiger partial charge in [0.05, 0.1) is 5.56 Å². The van der Waals surface area contributed by atoms with Crippen LogP contribution in [-0.2, 0) is 0 Å². The van der Waals surface area contributed by atoms with Crippen molar-refractivity contribution >= 4 is 29.4 Å². The molecule has 2 aromatic rings. The van der Waals surface area contributed by atoms with Crippen LogP contribution < -0.4 is 15.4 Å². The Labute approximate surface area is 153 Å². The molecule has 1 aliphatic rings. The van der Waals surface area contributed by atoms with Gasteiger partial charge in [-0.05, 0) is 62.0 Å². The third-order valence-corrected chi connectivity index (χ3v) is 4.92. The minimum atomic E-state index is -0.133. The highest BCUT2D eigenvalue weighted by molar-refractivity contribution is 7.97. The van der Waals surface area contributed by atoms with Crippen molar-refractivity contribution in [1.29, 1.82) is 0 Å². The Morgan fingerprint density at radius 2 is 1.92 bits per heavy atom. The van der Waals surface area contributed by atoms with E-state index in [-0.39, 0.29) is 5.91 Å². The molecule has 5 nitrogen and oxygen atoms in total. The molecule has 0 saturated carbocycles. The summed E-state index contributed by atoms with van der Waals surface area (Å²) in [6.07, 6.45) is 4.78. The van der Waals surface area contributed by atoms with Crippen LogP contribution in [0.4, 0.5) is 11.5 Å². The van der Waals surface area contributed by atoms with E-state index in [4.69, 9.17) is 5.14 Å². The number of pyridine rings is 1. The molecule has 0 bridgehead atoms. The van der Waals surface area contributed by atoms with Crippen LogP contribution in [0.3, 0.4) is 0 Å². The molecule has 0 unspecified atom stereocenters. The van der Waals surface area contributed by atoms with Crippen molar-refractivity contribution < 1.29 is 4.79 Å². The number of hydrogen-bond acceptors (Lipinski definition) is 5. The zero-order valence-corrected chi connectivity index (χ0v) is 15.3. The van der Waals surface area contributed by atoms with Gasteiger partial charge in [0.2, 0.25) is 0 Å². The molecule has 1 aliphatic heterocycles. The van der Waals surface area contributed by atoms with Crippen molar-refractivity contribution in [3.05, 3.63) is 47.7 Å². The fourth-order valence-corrected chi connectivity index (χ4v) is 3.44. The van der Waals surface area contributed by atoms with Crippen LogP contribution in [0.5, 0.6) is 0 Å². The minimum absolute atomic E-state index is 0.133. The summed E-state index contributed by atoms with van der Waals surface area (Å²) in [6.45, 7) is 3.87. The van der Waals surface area contributed by atoms with Crippen LogP contribution in [0.15, 0.2) is 41.3 Å². The number of nitrogens with two attached hydrogens (primary N) is 1. The molecule has 1 saturated heterocycles. The number of anilines is 2. The van der Waals surface area contributed by atoms with Gasteiger partial charge in [-0.1, -0.05) is 18.9 Å². The molecular weight excluding hydrogens is 332 g/mol. The molecule has 1 fully saturated rings. The highest BCUT2D eigenvalue weighted by Crippen LogP contribution is 2.24. The summed E-state index contributed by atoms with van der Waals surface area (Å²) < 4.78 is 0. The van der Waals surface area contributed by atoms with E-state index in [9.17, 15) is 4.79 Å². The zero-order chi connectivity index (χ0) is 17.6. The van der Waals surface area contributed by atoms with Gasteiger partial charge in [0.25, 0.3) is 5.91 Å². The number of nitrogens with one attached hydrogen (secondary N) is 1. The lowest BCUT2D eigenvalue weighted by atomic mass is 10.2. The van der Waals surface area contributed by atoms with Gasteiger partial charge >= 0.3 is 0 Å². The van der Waals surface area contributed by atoms with E-state index < -0.39 is 0 Å². The first-order chi connectivity index (χ1) is 12.2. The third-order valence-electron chi connectivity index (χ3n) is 4.39. The molecule has 1 amide bonds. The summed E-state index contributed by atoms with van der Waals surface area (Å²) in [4.78, 5) is 20.7. The second kappa shape index (κ2) is 8.36. The predicted molar refractivity (Wildman–Crippen MR) is 104 cm³/mol. The Morgan fingerprint density at radius 3 is 2.64 bits per heavy atom. The van der Waals surface area contributed by atoms with Crippen molar-refractivity contribution in [2.45, 2.75) is 37.5 Å². The Morgan fingerprint density at radius 1 is 1.16 bits per heavy atom. The van der Waals surface area contributed by atoms with Gasteiger partial charge in [0.1, 0.15) is 5.82 Å². The average Bonchev–Trinajstić information content (AvgIpc) is 2.91. The summed E-state index contributed by atoms with van der Waals surface area (Å²) in [6, 6.07) is 11.3. The summed E-state index contributed by atoms with van der Waals surface area (Å²) in [7, 11) is 0. The van der Waals surface area contributed by atoms with E-state index in [1.165, 1.54) is 12.8 Å². The topological polar surface area (TPSA) is 71.2 Å². The van der Waals surface area contributed by atoms with Crippen LogP contribution in [0, 0.1) is 6.92 Å². The smallest absolute Gasteiger partial charge is 0.259 e. The van der Waals surface area contributed by atoms with Crippen molar-refractivity contribution in [2.24, 2.45) is 5.14 Å². The molecule has 3 rings (SSSR count). The van der Waals surface area contributed by atoms with Crippen molar-refractivity contribution in [3.8, 4) is 0 Å². The van der Waals surface area contributed by atoms with Crippen LogP contribution in [0.1, 0.15) is 41.7 Å². The molecule has 0 atom stereocenters. The molecule has 0 radical (unpaired) electrons. The lowest BCUT2D eigenvalue weighted by Gasteiger charge is -2.24. The quantitative estimate of drug-likeness (QED) is 0.811. The fourth-order valence-electron chi connectivity index (χ4n) is 3.09. The normalized spacial score (nSPS) is 14.9. The van der Waals surface area contributed by atoms with Gasteiger partial charge in [0.15, 0.2) is 0 Å². The maximum absolute atomic E-state index is 12.9. The van der Waals surface area contributed by atoms with Gasteiger partial charge in [0, 0.05) is 29.4 Å². The second-order valence-corrected chi connectivity index (χ2v) is 7.03. The number of amides is 1. The molecule has 132 valence electrons. The summed E-state index contributed by atoms with van der Waals surface area (Å²) >= 11 is 1.16. The highest BCUT2D eigenvalue weighted by Gasteiger charge is 2.20. The van der Waals surface area contributed by atoms with E-state index in [1.54, 1.807) is 0 Å². The molecule has 6 heteroatoms. The van der Waals surface area contributed by atoms with E-state index in [0.717, 1.165) is 60.0 Å². The van der Waals surface area contributed by atoms with Gasteiger partial charge < -0.3 is 10.2 Å². The van der Waals surface area contributed by atoms with Crippen LogP contribution >= 0.6 is 11.9 Å². The molecule has 0 spiro atoms. The molecule has 3 N–H and O–H groups in total. The van der Waals surface area contributed by atoms with Gasteiger partial charge in [-0.15, -0.1) is 0 Å². The number of aryl methyl sites for hydroxylation is 1. The number of nitrogens with zero attached hydrogens (tertiary/aromatic N) is 2. The average molecular weight is 356 g/mol. The fraction of sp³-hybridized carbons (Fsp3) is 0.368. The van der Waals surface area contributed by atoms with Gasteiger partial charge in [-0.2, -0.15) is 0 Å². The maximum atomic E-state index is 12.9. The standard InChI is InChI=1S/C19H24N4OS/c1-14-9-10-17(18(21-14)23-11-4-2-3-5-12-23)19(24)22-15-7-6-8-16(13-15)25-20/h6-10,13H,2-5,11-12,20H2,1H3,(H,22,24). The van der Waals surface area contributed by atoms with Gasteiger partial charge in [-0.3, -0.25) is 9.93 Å². The molecule has 25 heavy (non-hydrogen) atoms. The number of carbonyl (C=O) groups excluding carboxylic acids is 1. The van der Waals surface area contributed by atoms with Crippen LogP contribution in [0.2, 0.25) is 0 Å². The molecule has 1 aromatic carbocycles. The van der Waals surface area contributed by atoms with E-state index in [2.05, 4.69) is 15.2 Å². The van der Waals surface area contributed by atoms with E-state index in [0.29, 0.717) is 5.56 Å². The lowest BCUT2D eigenvalue weighted by molar-refractivity contribution is 0.102. The van der Waals surface area contributed by atoms with Crippen molar-refractivity contribution in [2.75, 3.05) is 23.3 Å². The summed E-state index contributed by atoms with van der Waals surface area (Å²) in [5.74, 6) is 0.662. The Bertz CT molecular complexity index is 742. The third kappa shape index (κ3) is 4.52. The summed E-state index contributed by atoms with van der Waals surface area (Å²) in [5, 5.41) is 8.57. The SMILES string of the molecule is Cc1ccc(C(=O)Nc2cccc(SN)c2)c(N2CCCCCC2)n1. The minimum Gasteiger partial charge on any atom is -0.356 e. The predicted octanol–water partition coefficient (Wildman–Crippen LogP) is 3.99. The number of carbonyl (C=O) groups is 1.